The minimum atomic E-state index is 0.0213. The molecule has 1 heterocycles. The maximum atomic E-state index is 12.2. The summed E-state index contributed by atoms with van der Waals surface area (Å²) in [4.78, 5) is 12.2. The Bertz CT molecular complexity index is 645. The molecule has 0 bridgehead atoms. The van der Waals surface area contributed by atoms with E-state index in [1.165, 1.54) is 43.2 Å². The number of allylic oxidation sites excluding steroid dienone is 2. The molecule has 0 N–H and O–H groups in total. The van der Waals surface area contributed by atoms with Crippen molar-refractivity contribution in [1.82, 2.24) is 15.0 Å². The summed E-state index contributed by atoms with van der Waals surface area (Å²) in [5, 5.41) is 7.99. The molecule has 0 amide bonds. The molecule has 0 spiro atoms. The first kappa shape index (κ1) is 18.4. The molecule has 1 aromatic carbocycles. The molecule has 0 saturated carbocycles. The van der Waals surface area contributed by atoms with Gasteiger partial charge in [0.15, 0.2) is 0 Å². The Morgan fingerprint density at radius 3 is 2.54 bits per heavy atom. The van der Waals surface area contributed by atoms with Crippen molar-refractivity contribution >= 4 is 16.9 Å². The van der Waals surface area contributed by atoms with Gasteiger partial charge in [-0.2, -0.15) is 4.68 Å². The molecule has 0 unspecified atom stereocenters. The van der Waals surface area contributed by atoms with E-state index in [-0.39, 0.29) is 5.91 Å². The van der Waals surface area contributed by atoms with Gasteiger partial charge in [-0.05, 0) is 37.8 Å². The van der Waals surface area contributed by atoms with Gasteiger partial charge in [0.25, 0.3) is 0 Å². The van der Waals surface area contributed by atoms with E-state index < -0.39 is 0 Å². The maximum Gasteiger partial charge on any atom is 0.248 e. The Balaban J connectivity index is 1.59. The van der Waals surface area contributed by atoms with Gasteiger partial charge < -0.3 is 0 Å². The summed E-state index contributed by atoms with van der Waals surface area (Å²) in [5.74, 6) is 0.0213. The number of hydrogen-bond donors (Lipinski definition) is 0. The van der Waals surface area contributed by atoms with Gasteiger partial charge in [-0.1, -0.05) is 68.5 Å². The summed E-state index contributed by atoms with van der Waals surface area (Å²) in [5.41, 5.74) is 1.56. The van der Waals surface area contributed by atoms with Gasteiger partial charge in [-0.25, -0.2) is 0 Å². The summed E-state index contributed by atoms with van der Waals surface area (Å²) < 4.78 is 1.43. The topological polar surface area (TPSA) is 47.8 Å². The molecule has 0 aliphatic rings. The third kappa shape index (κ3) is 5.91. The van der Waals surface area contributed by atoms with Crippen LogP contribution >= 0.6 is 0 Å². The van der Waals surface area contributed by atoms with Gasteiger partial charge >= 0.3 is 0 Å². The van der Waals surface area contributed by atoms with Crippen LogP contribution in [0.2, 0.25) is 0 Å². The number of para-hydroxylation sites is 1. The minimum absolute atomic E-state index is 0.0213. The van der Waals surface area contributed by atoms with Gasteiger partial charge in [-0.3, -0.25) is 4.79 Å². The lowest BCUT2D eigenvalue weighted by molar-refractivity contribution is 0.0887. The fourth-order valence-electron chi connectivity index (χ4n) is 2.81. The molecule has 4 nitrogen and oxygen atoms in total. The number of hydrogen-bond acceptors (Lipinski definition) is 3. The highest BCUT2D eigenvalue weighted by Crippen LogP contribution is 2.11. The molecule has 130 valence electrons. The Kier molecular flexibility index (Phi) is 8.22. The van der Waals surface area contributed by atoms with Crippen molar-refractivity contribution in [2.45, 2.75) is 71.1 Å². The van der Waals surface area contributed by atoms with E-state index in [0.29, 0.717) is 6.42 Å². The summed E-state index contributed by atoms with van der Waals surface area (Å²) in [6, 6.07) is 7.56. The zero-order valence-electron chi connectivity index (χ0n) is 14.8. The van der Waals surface area contributed by atoms with Crippen LogP contribution in [0.5, 0.6) is 0 Å². The lowest BCUT2D eigenvalue weighted by atomic mass is 10.1. The number of nitrogens with zero attached hydrogens (tertiary/aromatic N) is 3. The molecule has 1 aromatic heterocycles. The zero-order chi connectivity index (χ0) is 17.0. The van der Waals surface area contributed by atoms with Gasteiger partial charge in [-0.15, -0.1) is 5.10 Å². The third-order valence-corrected chi connectivity index (χ3v) is 4.24. The van der Waals surface area contributed by atoms with E-state index in [0.717, 1.165) is 30.3 Å². The van der Waals surface area contributed by atoms with Gasteiger partial charge in [0.05, 0.1) is 5.52 Å². The fourth-order valence-corrected chi connectivity index (χ4v) is 2.81. The second-order valence-corrected chi connectivity index (χ2v) is 6.30. The van der Waals surface area contributed by atoms with Crippen LogP contribution in [0.15, 0.2) is 36.4 Å². The number of benzene rings is 1. The molecule has 0 atom stereocenters. The van der Waals surface area contributed by atoms with Crippen LogP contribution < -0.4 is 0 Å². The average molecular weight is 327 g/mol. The first-order valence-electron chi connectivity index (χ1n) is 9.31. The average Bonchev–Trinajstić information content (AvgIpc) is 3.03. The smallest absolute Gasteiger partial charge is 0.248 e. The van der Waals surface area contributed by atoms with E-state index >= 15 is 0 Å². The summed E-state index contributed by atoms with van der Waals surface area (Å²) in [6.07, 6.45) is 16.0. The molecule has 2 rings (SSSR count). The van der Waals surface area contributed by atoms with Crippen LogP contribution in [0.1, 0.15) is 75.9 Å². The van der Waals surface area contributed by atoms with Crippen LogP contribution in [0.4, 0.5) is 0 Å². The molecule has 0 aliphatic carbocycles. The summed E-state index contributed by atoms with van der Waals surface area (Å²) >= 11 is 0. The molecule has 2 aromatic rings. The standard InChI is InChI=1S/C20H29N3O/c1-2-3-4-5-6-7-8-9-10-11-12-17-20(24)23-19-16-14-13-15-18(19)21-22-23/h9-10,13-16H,2-8,11-12,17H2,1H3/b10-9+. The van der Waals surface area contributed by atoms with E-state index in [1.54, 1.807) is 0 Å². The van der Waals surface area contributed by atoms with Crippen molar-refractivity contribution in [2.24, 2.45) is 0 Å². The van der Waals surface area contributed by atoms with Gasteiger partial charge in [0.1, 0.15) is 5.52 Å². The van der Waals surface area contributed by atoms with Crippen LogP contribution in [-0.2, 0) is 0 Å². The molecule has 4 heteroatoms. The van der Waals surface area contributed by atoms with E-state index in [9.17, 15) is 4.79 Å². The lowest BCUT2D eigenvalue weighted by Crippen LogP contribution is -2.11. The zero-order valence-corrected chi connectivity index (χ0v) is 14.8. The first-order valence-corrected chi connectivity index (χ1v) is 9.31. The highest BCUT2D eigenvalue weighted by atomic mass is 16.2. The highest BCUT2D eigenvalue weighted by molar-refractivity contribution is 5.88. The number of fused-ring (bicyclic) bond motifs is 1. The third-order valence-electron chi connectivity index (χ3n) is 4.24. The molecular weight excluding hydrogens is 298 g/mol. The van der Waals surface area contributed by atoms with Crippen LogP contribution in [-0.4, -0.2) is 20.9 Å². The number of carbonyl (C=O) groups is 1. The minimum Gasteiger partial charge on any atom is -0.273 e. The van der Waals surface area contributed by atoms with E-state index in [4.69, 9.17) is 0 Å². The Morgan fingerprint density at radius 1 is 1.00 bits per heavy atom. The van der Waals surface area contributed by atoms with E-state index in [2.05, 4.69) is 29.4 Å². The number of carbonyl (C=O) groups excluding carboxylic acids is 1. The van der Waals surface area contributed by atoms with Crippen molar-refractivity contribution < 1.29 is 4.79 Å². The largest absolute Gasteiger partial charge is 0.273 e. The summed E-state index contributed by atoms with van der Waals surface area (Å²) in [7, 11) is 0. The SMILES string of the molecule is CCCCCCCC/C=C/CCCC(=O)n1nnc2ccccc21. The number of aromatic nitrogens is 3. The summed E-state index contributed by atoms with van der Waals surface area (Å²) in [6.45, 7) is 2.25. The Hall–Kier alpha value is -1.97. The van der Waals surface area contributed by atoms with Crippen molar-refractivity contribution in [1.29, 1.82) is 0 Å². The molecular formula is C20H29N3O. The van der Waals surface area contributed by atoms with E-state index in [1.807, 2.05) is 24.3 Å². The first-order chi connectivity index (χ1) is 11.8. The fraction of sp³-hybridized carbons (Fsp3) is 0.550. The predicted octanol–water partition coefficient (Wildman–Crippen LogP) is 5.55. The molecule has 0 radical (unpaired) electrons. The molecule has 0 saturated heterocycles. The monoisotopic (exact) mass is 327 g/mol. The maximum absolute atomic E-state index is 12.2. The molecule has 0 aliphatic heterocycles. The van der Waals surface area contributed by atoms with Crippen LogP contribution in [0.3, 0.4) is 0 Å². The Morgan fingerprint density at radius 2 is 1.71 bits per heavy atom. The highest BCUT2D eigenvalue weighted by Gasteiger charge is 2.10. The van der Waals surface area contributed by atoms with Crippen molar-refractivity contribution in [2.75, 3.05) is 0 Å². The van der Waals surface area contributed by atoms with Crippen molar-refractivity contribution in [3.63, 3.8) is 0 Å². The van der Waals surface area contributed by atoms with Crippen LogP contribution in [0.25, 0.3) is 11.0 Å². The number of unbranched alkanes of at least 4 members (excludes halogenated alkanes) is 7. The lowest BCUT2D eigenvalue weighted by Gasteiger charge is -2.00. The van der Waals surface area contributed by atoms with Crippen molar-refractivity contribution in [3.8, 4) is 0 Å². The van der Waals surface area contributed by atoms with Gasteiger partial charge in [0.2, 0.25) is 5.91 Å². The Labute approximate surface area is 144 Å². The molecule has 24 heavy (non-hydrogen) atoms. The quantitative estimate of drug-likeness (QED) is 0.401. The second-order valence-electron chi connectivity index (χ2n) is 6.30. The number of rotatable bonds is 11. The van der Waals surface area contributed by atoms with Gasteiger partial charge in [0, 0.05) is 6.42 Å². The van der Waals surface area contributed by atoms with Crippen LogP contribution in [0, 0.1) is 0 Å². The van der Waals surface area contributed by atoms with Crippen molar-refractivity contribution in [3.05, 3.63) is 36.4 Å². The second kappa shape index (κ2) is 10.7. The molecule has 0 fully saturated rings. The predicted molar refractivity (Wildman–Crippen MR) is 99.1 cm³/mol. The normalized spacial score (nSPS) is 11.5.